The molecule has 1 aromatic carbocycles. The first kappa shape index (κ1) is 16.3. The Balaban J connectivity index is 1.99. The van der Waals surface area contributed by atoms with Crippen LogP contribution in [-0.2, 0) is 6.42 Å². The van der Waals surface area contributed by atoms with E-state index in [1.165, 1.54) is 43.7 Å². The van der Waals surface area contributed by atoms with Gasteiger partial charge < -0.3 is 15.5 Å². The lowest BCUT2D eigenvalue weighted by atomic mass is 9.94. The summed E-state index contributed by atoms with van der Waals surface area (Å²) < 4.78 is 0. The summed E-state index contributed by atoms with van der Waals surface area (Å²) in [6, 6.07) is 9.08. The van der Waals surface area contributed by atoms with Crippen molar-refractivity contribution < 1.29 is 0 Å². The lowest BCUT2D eigenvalue weighted by Crippen LogP contribution is -2.37. The molecule has 1 saturated heterocycles. The molecule has 21 heavy (non-hydrogen) atoms. The van der Waals surface area contributed by atoms with Gasteiger partial charge in [0.15, 0.2) is 0 Å². The Morgan fingerprint density at radius 3 is 2.52 bits per heavy atom. The Bertz CT molecular complexity index is 422. The highest BCUT2D eigenvalue weighted by atomic mass is 15.1. The number of anilines is 1. The van der Waals surface area contributed by atoms with Gasteiger partial charge in [-0.25, -0.2) is 0 Å². The molecule has 1 unspecified atom stereocenters. The van der Waals surface area contributed by atoms with Gasteiger partial charge in [0.05, 0.1) is 0 Å². The van der Waals surface area contributed by atoms with Crippen LogP contribution in [-0.4, -0.2) is 44.7 Å². The Kier molecular flexibility index (Phi) is 6.07. The Morgan fingerprint density at radius 2 is 1.90 bits per heavy atom. The Labute approximate surface area is 130 Å². The zero-order valence-electron chi connectivity index (χ0n) is 13.9. The SMILES string of the molecule is CCC(N)Cc1ccccc1N1CCC(CN(C)C)CC1. The van der Waals surface area contributed by atoms with Crippen molar-refractivity contribution >= 4 is 5.69 Å². The molecular formula is C18H31N3. The van der Waals surface area contributed by atoms with Crippen LogP contribution in [0.4, 0.5) is 5.69 Å². The fourth-order valence-electron chi connectivity index (χ4n) is 3.29. The topological polar surface area (TPSA) is 32.5 Å². The number of nitrogens with two attached hydrogens (primary N) is 1. The Hall–Kier alpha value is -1.06. The maximum absolute atomic E-state index is 6.16. The van der Waals surface area contributed by atoms with Gasteiger partial charge in [0.2, 0.25) is 0 Å². The minimum absolute atomic E-state index is 0.275. The monoisotopic (exact) mass is 289 g/mol. The lowest BCUT2D eigenvalue weighted by Gasteiger charge is -2.36. The zero-order valence-corrected chi connectivity index (χ0v) is 13.9. The van der Waals surface area contributed by atoms with Crippen LogP contribution in [0.1, 0.15) is 31.7 Å². The van der Waals surface area contributed by atoms with E-state index in [1.54, 1.807) is 0 Å². The highest BCUT2D eigenvalue weighted by molar-refractivity contribution is 5.54. The molecule has 1 aliphatic rings. The first-order valence-corrected chi connectivity index (χ1v) is 8.33. The van der Waals surface area contributed by atoms with Crippen LogP contribution in [0.25, 0.3) is 0 Å². The number of hydrogen-bond acceptors (Lipinski definition) is 3. The quantitative estimate of drug-likeness (QED) is 0.874. The first-order valence-electron chi connectivity index (χ1n) is 8.33. The molecule has 1 aliphatic heterocycles. The number of benzene rings is 1. The van der Waals surface area contributed by atoms with Crippen molar-refractivity contribution in [2.75, 3.05) is 38.6 Å². The van der Waals surface area contributed by atoms with E-state index in [0.717, 1.165) is 18.8 Å². The molecule has 0 bridgehead atoms. The van der Waals surface area contributed by atoms with Crippen LogP contribution in [0.5, 0.6) is 0 Å². The molecule has 3 heteroatoms. The second-order valence-corrected chi connectivity index (χ2v) is 6.69. The molecule has 3 nitrogen and oxygen atoms in total. The molecule has 1 atom stereocenters. The van der Waals surface area contributed by atoms with Crippen molar-refractivity contribution in [3.63, 3.8) is 0 Å². The number of hydrogen-bond donors (Lipinski definition) is 1. The molecule has 0 radical (unpaired) electrons. The molecule has 1 aromatic rings. The van der Waals surface area contributed by atoms with E-state index in [2.05, 4.69) is 55.1 Å². The minimum atomic E-state index is 0.275. The summed E-state index contributed by atoms with van der Waals surface area (Å²) in [5.41, 5.74) is 8.98. The second-order valence-electron chi connectivity index (χ2n) is 6.69. The Morgan fingerprint density at radius 1 is 1.24 bits per heavy atom. The van der Waals surface area contributed by atoms with Crippen molar-refractivity contribution in [2.45, 2.75) is 38.6 Å². The predicted octanol–water partition coefficient (Wildman–Crippen LogP) is 2.74. The van der Waals surface area contributed by atoms with Crippen LogP contribution in [0, 0.1) is 5.92 Å². The molecule has 0 saturated carbocycles. The maximum Gasteiger partial charge on any atom is 0.0399 e. The fraction of sp³-hybridized carbons (Fsp3) is 0.667. The van der Waals surface area contributed by atoms with E-state index < -0.39 is 0 Å². The van der Waals surface area contributed by atoms with E-state index >= 15 is 0 Å². The van der Waals surface area contributed by atoms with Gasteiger partial charge >= 0.3 is 0 Å². The summed E-state index contributed by atoms with van der Waals surface area (Å²) in [5.74, 6) is 0.848. The molecule has 0 spiro atoms. The van der Waals surface area contributed by atoms with Crippen LogP contribution >= 0.6 is 0 Å². The highest BCUT2D eigenvalue weighted by Crippen LogP contribution is 2.27. The normalized spacial score (nSPS) is 18.2. The van der Waals surface area contributed by atoms with Gasteiger partial charge in [-0.05, 0) is 57.3 Å². The van der Waals surface area contributed by atoms with Crippen molar-refractivity contribution in [3.05, 3.63) is 29.8 Å². The summed E-state index contributed by atoms with van der Waals surface area (Å²) in [6.45, 7) is 5.74. The van der Waals surface area contributed by atoms with Gasteiger partial charge in [-0.3, -0.25) is 0 Å². The number of nitrogens with zero attached hydrogens (tertiary/aromatic N) is 2. The predicted molar refractivity (Wildman–Crippen MR) is 91.9 cm³/mol. The number of rotatable bonds is 6. The summed E-state index contributed by atoms with van der Waals surface area (Å²) in [7, 11) is 4.35. The van der Waals surface area contributed by atoms with Gasteiger partial charge in [0.1, 0.15) is 0 Å². The van der Waals surface area contributed by atoms with Gasteiger partial charge in [0, 0.05) is 31.4 Å². The zero-order chi connectivity index (χ0) is 15.2. The maximum atomic E-state index is 6.16. The molecule has 0 amide bonds. The van der Waals surface area contributed by atoms with Crippen molar-refractivity contribution in [2.24, 2.45) is 11.7 Å². The molecule has 1 fully saturated rings. The summed E-state index contributed by atoms with van der Waals surface area (Å²) in [6.07, 6.45) is 4.63. The van der Waals surface area contributed by atoms with Crippen LogP contribution in [0.15, 0.2) is 24.3 Å². The fourth-order valence-corrected chi connectivity index (χ4v) is 3.29. The lowest BCUT2D eigenvalue weighted by molar-refractivity contribution is 0.285. The molecule has 118 valence electrons. The van der Waals surface area contributed by atoms with E-state index in [4.69, 9.17) is 5.73 Å². The van der Waals surface area contributed by atoms with Gasteiger partial charge in [0.25, 0.3) is 0 Å². The first-order chi connectivity index (χ1) is 10.1. The van der Waals surface area contributed by atoms with Crippen molar-refractivity contribution in [1.82, 2.24) is 4.90 Å². The molecule has 0 aliphatic carbocycles. The van der Waals surface area contributed by atoms with E-state index in [0.29, 0.717) is 0 Å². The largest absolute Gasteiger partial charge is 0.371 e. The number of para-hydroxylation sites is 1. The van der Waals surface area contributed by atoms with Crippen LogP contribution < -0.4 is 10.6 Å². The summed E-state index contributed by atoms with van der Waals surface area (Å²) in [5, 5.41) is 0. The van der Waals surface area contributed by atoms with Gasteiger partial charge in [-0.1, -0.05) is 25.1 Å². The third-order valence-corrected chi connectivity index (χ3v) is 4.58. The minimum Gasteiger partial charge on any atom is -0.371 e. The molecule has 0 aromatic heterocycles. The van der Waals surface area contributed by atoms with Crippen molar-refractivity contribution in [1.29, 1.82) is 0 Å². The average Bonchev–Trinajstić information content (AvgIpc) is 2.48. The smallest absolute Gasteiger partial charge is 0.0399 e. The van der Waals surface area contributed by atoms with Gasteiger partial charge in [-0.15, -0.1) is 0 Å². The summed E-state index contributed by atoms with van der Waals surface area (Å²) in [4.78, 5) is 4.87. The third-order valence-electron chi connectivity index (χ3n) is 4.58. The van der Waals surface area contributed by atoms with Crippen LogP contribution in [0.2, 0.25) is 0 Å². The van der Waals surface area contributed by atoms with Crippen LogP contribution in [0.3, 0.4) is 0 Å². The second kappa shape index (κ2) is 7.81. The van der Waals surface area contributed by atoms with Gasteiger partial charge in [-0.2, -0.15) is 0 Å². The molecule has 2 N–H and O–H groups in total. The number of piperidine rings is 1. The van der Waals surface area contributed by atoms with E-state index in [-0.39, 0.29) is 6.04 Å². The van der Waals surface area contributed by atoms with E-state index in [1.807, 2.05) is 0 Å². The third kappa shape index (κ3) is 4.72. The standard InChI is InChI=1S/C18H31N3/c1-4-17(19)13-16-7-5-6-8-18(16)21-11-9-15(10-12-21)14-20(2)3/h5-8,15,17H,4,9-14,19H2,1-3H3. The molecule has 2 rings (SSSR count). The molecular weight excluding hydrogens is 258 g/mol. The summed E-state index contributed by atoms with van der Waals surface area (Å²) >= 11 is 0. The van der Waals surface area contributed by atoms with E-state index in [9.17, 15) is 0 Å². The highest BCUT2D eigenvalue weighted by Gasteiger charge is 2.21. The molecule has 1 heterocycles. The average molecular weight is 289 g/mol. The van der Waals surface area contributed by atoms with Crippen molar-refractivity contribution in [3.8, 4) is 0 Å².